The second kappa shape index (κ2) is 5.39. The minimum atomic E-state index is 0.495. The molecule has 1 heterocycles. The number of hydrogen-bond donors (Lipinski definition) is 2. The quantitative estimate of drug-likeness (QED) is 0.789. The van der Waals surface area contributed by atoms with Gasteiger partial charge in [0.2, 0.25) is 0 Å². The van der Waals surface area contributed by atoms with Crippen molar-refractivity contribution in [3.05, 3.63) is 18.2 Å². The highest BCUT2D eigenvalue weighted by atomic mass is 15.1. The maximum atomic E-state index is 4.55. The summed E-state index contributed by atoms with van der Waals surface area (Å²) in [5.74, 6) is 1.95. The van der Waals surface area contributed by atoms with Gasteiger partial charge in [-0.05, 0) is 36.8 Å². The molecule has 1 fully saturated rings. The van der Waals surface area contributed by atoms with Crippen LogP contribution in [-0.2, 0) is 0 Å². The van der Waals surface area contributed by atoms with Gasteiger partial charge in [-0.2, -0.15) is 0 Å². The van der Waals surface area contributed by atoms with Crippen LogP contribution in [0.4, 0.5) is 11.6 Å². The van der Waals surface area contributed by atoms with Crippen molar-refractivity contribution in [2.75, 3.05) is 23.7 Å². The lowest BCUT2D eigenvalue weighted by Gasteiger charge is -2.38. The monoisotopic (exact) mass is 233 g/mol. The van der Waals surface area contributed by atoms with Gasteiger partial charge < -0.3 is 10.6 Å². The summed E-state index contributed by atoms with van der Waals surface area (Å²) in [4.78, 5) is 4.55. The van der Waals surface area contributed by atoms with E-state index < -0.39 is 0 Å². The van der Waals surface area contributed by atoms with E-state index in [1.54, 1.807) is 0 Å². The molecular formula is C14H23N3. The first-order chi connectivity index (χ1) is 8.22. The summed E-state index contributed by atoms with van der Waals surface area (Å²) in [5, 5.41) is 6.76. The zero-order chi connectivity index (χ0) is 12.1. The molecule has 17 heavy (non-hydrogen) atoms. The molecule has 0 saturated heterocycles. The highest BCUT2D eigenvalue weighted by Crippen LogP contribution is 2.40. The molecule has 3 heteroatoms. The van der Waals surface area contributed by atoms with Crippen LogP contribution in [0.2, 0.25) is 0 Å². The number of nitrogens with one attached hydrogen (secondary N) is 2. The van der Waals surface area contributed by atoms with Gasteiger partial charge in [0.15, 0.2) is 0 Å². The van der Waals surface area contributed by atoms with Gasteiger partial charge in [-0.1, -0.05) is 26.3 Å². The minimum Gasteiger partial charge on any atom is -0.370 e. The van der Waals surface area contributed by atoms with Crippen molar-refractivity contribution in [1.82, 2.24) is 4.98 Å². The number of hydrogen-bond acceptors (Lipinski definition) is 3. The molecule has 94 valence electrons. The Kier molecular flexibility index (Phi) is 3.87. The van der Waals surface area contributed by atoms with Crippen LogP contribution in [0.25, 0.3) is 0 Å². The van der Waals surface area contributed by atoms with E-state index in [-0.39, 0.29) is 0 Å². The van der Waals surface area contributed by atoms with Crippen molar-refractivity contribution in [2.45, 2.75) is 39.5 Å². The normalized spacial score (nSPS) is 17.3. The molecule has 0 bridgehead atoms. The van der Waals surface area contributed by atoms with Crippen LogP contribution < -0.4 is 10.6 Å². The van der Waals surface area contributed by atoms with Gasteiger partial charge in [0.25, 0.3) is 0 Å². The van der Waals surface area contributed by atoms with E-state index in [4.69, 9.17) is 0 Å². The summed E-state index contributed by atoms with van der Waals surface area (Å²) >= 11 is 0. The zero-order valence-corrected chi connectivity index (χ0v) is 10.9. The zero-order valence-electron chi connectivity index (χ0n) is 10.9. The molecule has 1 saturated carbocycles. The standard InChI is InChI=1S/C14H23N3/c1-3-10-15-12-6-4-7-13(17-12)16-11-14(2)8-5-9-14/h4,6-7H,3,5,8-11H2,1-2H3,(H2,15,16,17). The third-order valence-electron chi connectivity index (χ3n) is 3.56. The molecule has 1 aromatic rings. The molecule has 3 nitrogen and oxygen atoms in total. The number of anilines is 2. The molecule has 0 unspecified atom stereocenters. The van der Waals surface area contributed by atoms with E-state index in [9.17, 15) is 0 Å². The van der Waals surface area contributed by atoms with E-state index in [0.29, 0.717) is 5.41 Å². The Labute approximate surface area is 104 Å². The van der Waals surface area contributed by atoms with Crippen LogP contribution in [0.5, 0.6) is 0 Å². The van der Waals surface area contributed by atoms with Gasteiger partial charge >= 0.3 is 0 Å². The highest BCUT2D eigenvalue weighted by Gasteiger charge is 2.31. The SMILES string of the molecule is CCCNc1cccc(NCC2(C)CCC2)n1. The molecular weight excluding hydrogens is 210 g/mol. The molecule has 0 spiro atoms. The van der Waals surface area contributed by atoms with Crippen LogP contribution in [-0.4, -0.2) is 18.1 Å². The van der Waals surface area contributed by atoms with E-state index >= 15 is 0 Å². The van der Waals surface area contributed by atoms with Crippen molar-refractivity contribution in [2.24, 2.45) is 5.41 Å². The fraction of sp³-hybridized carbons (Fsp3) is 0.643. The second-order valence-corrected chi connectivity index (χ2v) is 5.35. The lowest BCUT2D eigenvalue weighted by atomic mass is 9.70. The lowest BCUT2D eigenvalue weighted by Crippen LogP contribution is -2.33. The smallest absolute Gasteiger partial charge is 0.128 e. The number of rotatable bonds is 6. The van der Waals surface area contributed by atoms with E-state index in [1.807, 2.05) is 12.1 Å². The van der Waals surface area contributed by atoms with E-state index in [2.05, 4.69) is 35.5 Å². The van der Waals surface area contributed by atoms with Gasteiger partial charge in [-0.25, -0.2) is 4.98 Å². The van der Waals surface area contributed by atoms with Crippen molar-refractivity contribution in [3.8, 4) is 0 Å². The van der Waals surface area contributed by atoms with Crippen molar-refractivity contribution >= 4 is 11.6 Å². The predicted octanol–water partition coefficient (Wildman–Crippen LogP) is 3.51. The first-order valence-corrected chi connectivity index (χ1v) is 6.67. The molecule has 0 amide bonds. The number of aromatic nitrogens is 1. The topological polar surface area (TPSA) is 37.0 Å². The average molecular weight is 233 g/mol. The third kappa shape index (κ3) is 3.35. The largest absolute Gasteiger partial charge is 0.370 e. The van der Waals surface area contributed by atoms with Gasteiger partial charge in [0.05, 0.1) is 0 Å². The predicted molar refractivity (Wildman–Crippen MR) is 73.5 cm³/mol. The van der Waals surface area contributed by atoms with Gasteiger partial charge in [0.1, 0.15) is 11.6 Å². The molecule has 1 aliphatic rings. The molecule has 2 rings (SSSR count). The molecule has 1 aromatic heterocycles. The molecule has 2 N–H and O–H groups in total. The van der Waals surface area contributed by atoms with E-state index in [1.165, 1.54) is 19.3 Å². The van der Waals surface area contributed by atoms with Crippen LogP contribution in [0.3, 0.4) is 0 Å². The Bertz CT molecular complexity index is 358. The van der Waals surface area contributed by atoms with Crippen molar-refractivity contribution in [3.63, 3.8) is 0 Å². The minimum absolute atomic E-state index is 0.495. The van der Waals surface area contributed by atoms with Gasteiger partial charge in [-0.15, -0.1) is 0 Å². The van der Waals surface area contributed by atoms with Crippen LogP contribution >= 0.6 is 0 Å². The molecule has 0 radical (unpaired) electrons. The first kappa shape index (κ1) is 12.2. The van der Waals surface area contributed by atoms with Crippen molar-refractivity contribution in [1.29, 1.82) is 0 Å². The average Bonchev–Trinajstić information content (AvgIpc) is 2.32. The number of nitrogens with zero attached hydrogens (tertiary/aromatic N) is 1. The second-order valence-electron chi connectivity index (χ2n) is 5.35. The fourth-order valence-electron chi connectivity index (χ4n) is 2.15. The molecule has 0 aromatic carbocycles. The van der Waals surface area contributed by atoms with Gasteiger partial charge in [-0.3, -0.25) is 0 Å². The third-order valence-corrected chi connectivity index (χ3v) is 3.56. The van der Waals surface area contributed by atoms with Crippen LogP contribution in [0, 0.1) is 5.41 Å². The summed E-state index contributed by atoms with van der Waals surface area (Å²) in [7, 11) is 0. The molecule has 0 atom stereocenters. The highest BCUT2D eigenvalue weighted by molar-refractivity contribution is 5.45. The van der Waals surface area contributed by atoms with Crippen LogP contribution in [0.1, 0.15) is 39.5 Å². The maximum absolute atomic E-state index is 4.55. The fourth-order valence-corrected chi connectivity index (χ4v) is 2.15. The Morgan fingerprint density at radius 1 is 1.24 bits per heavy atom. The summed E-state index contributed by atoms with van der Waals surface area (Å²) in [6.07, 6.45) is 5.18. The Morgan fingerprint density at radius 3 is 2.53 bits per heavy atom. The first-order valence-electron chi connectivity index (χ1n) is 6.67. The Hall–Kier alpha value is -1.25. The van der Waals surface area contributed by atoms with Crippen LogP contribution in [0.15, 0.2) is 18.2 Å². The Balaban J connectivity index is 1.87. The van der Waals surface area contributed by atoms with Gasteiger partial charge in [0, 0.05) is 13.1 Å². The summed E-state index contributed by atoms with van der Waals surface area (Å²) < 4.78 is 0. The summed E-state index contributed by atoms with van der Waals surface area (Å²) in [6, 6.07) is 6.11. The molecule has 1 aliphatic carbocycles. The molecule has 0 aliphatic heterocycles. The number of pyridine rings is 1. The Morgan fingerprint density at radius 2 is 1.94 bits per heavy atom. The lowest BCUT2D eigenvalue weighted by molar-refractivity contribution is 0.180. The summed E-state index contributed by atoms with van der Waals surface area (Å²) in [5.41, 5.74) is 0.495. The maximum Gasteiger partial charge on any atom is 0.128 e. The van der Waals surface area contributed by atoms with Crippen molar-refractivity contribution < 1.29 is 0 Å². The summed E-state index contributed by atoms with van der Waals surface area (Å²) in [6.45, 7) is 6.53. The van der Waals surface area contributed by atoms with E-state index in [0.717, 1.165) is 31.1 Å².